The first kappa shape index (κ1) is 12.0. The maximum atomic E-state index is 5.51. The van der Waals surface area contributed by atoms with E-state index in [1.807, 2.05) is 6.33 Å². The molecule has 4 nitrogen and oxygen atoms in total. The van der Waals surface area contributed by atoms with Gasteiger partial charge in [-0.25, -0.2) is 4.98 Å². The van der Waals surface area contributed by atoms with Crippen LogP contribution in [0.3, 0.4) is 0 Å². The molecule has 0 bridgehead atoms. The molecule has 1 fully saturated rings. The van der Waals surface area contributed by atoms with Crippen molar-refractivity contribution in [2.75, 3.05) is 25.1 Å². The fraction of sp³-hybridized carbons (Fsp3) is 0.727. The number of nitrogens with zero attached hydrogens (tertiary/aromatic N) is 3. The standard InChI is InChI=1S/C11H20N4S/c1-14(11-2-5-16-8-11)6-10-7-15(4-3-12)9-13-10/h7,9,11H,2-6,8,12H2,1H3. The van der Waals surface area contributed by atoms with E-state index in [1.165, 1.54) is 17.9 Å². The third-order valence-electron chi connectivity index (χ3n) is 3.01. The Hall–Kier alpha value is -0.520. The Labute approximate surface area is 101 Å². The Bertz CT molecular complexity index is 320. The Balaban J connectivity index is 1.87. The zero-order valence-electron chi connectivity index (χ0n) is 9.80. The zero-order valence-corrected chi connectivity index (χ0v) is 10.6. The average molecular weight is 240 g/mol. The lowest BCUT2D eigenvalue weighted by Gasteiger charge is -2.22. The smallest absolute Gasteiger partial charge is 0.0950 e. The van der Waals surface area contributed by atoms with E-state index in [4.69, 9.17) is 5.73 Å². The molecule has 1 aromatic heterocycles. The summed E-state index contributed by atoms with van der Waals surface area (Å²) in [4.78, 5) is 6.82. The van der Waals surface area contributed by atoms with Crippen LogP contribution in [-0.2, 0) is 13.1 Å². The molecule has 1 atom stereocenters. The molecule has 1 saturated heterocycles. The highest BCUT2D eigenvalue weighted by Gasteiger charge is 2.20. The van der Waals surface area contributed by atoms with Crippen molar-refractivity contribution in [3.05, 3.63) is 18.2 Å². The van der Waals surface area contributed by atoms with Gasteiger partial charge in [-0.3, -0.25) is 4.90 Å². The largest absolute Gasteiger partial charge is 0.336 e. The Morgan fingerprint density at radius 1 is 1.69 bits per heavy atom. The maximum absolute atomic E-state index is 5.51. The molecule has 5 heteroatoms. The molecule has 16 heavy (non-hydrogen) atoms. The quantitative estimate of drug-likeness (QED) is 0.826. The van der Waals surface area contributed by atoms with E-state index in [0.29, 0.717) is 6.54 Å². The minimum atomic E-state index is 0.672. The highest BCUT2D eigenvalue weighted by molar-refractivity contribution is 7.99. The molecular formula is C11H20N4S. The predicted octanol–water partition coefficient (Wildman–Crippen LogP) is 0.779. The van der Waals surface area contributed by atoms with Crippen LogP contribution < -0.4 is 5.73 Å². The van der Waals surface area contributed by atoms with Crippen molar-refractivity contribution in [3.63, 3.8) is 0 Å². The number of thioether (sulfide) groups is 1. The fourth-order valence-electron chi connectivity index (χ4n) is 2.01. The summed E-state index contributed by atoms with van der Waals surface area (Å²) in [7, 11) is 2.19. The van der Waals surface area contributed by atoms with Gasteiger partial charge in [-0.05, 0) is 19.2 Å². The molecule has 1 unspecified atom stereocenters. The van der Waals surface area contributed by atoms with Gasteiger partial charge in [0.2, 0.25) is 0 Å². The van der Waals surface area contributed by atoms with Crippen molar-refractivity contribution in [1.82, 2.24) is 14.5 Å². The van der Waals surface area contributed by atoms with Gasteiger partial charge in [0.15, 0.2) is 0 Å². The first-order valence-corrected chi connectivity index (χ1v) is 6.94. The number of rotatable bonds is 5. The van der Waals surface area contributed by atoms with Crippen LogP contribution >= 0.6 is 11.8 Å². The molecule has 2 N–H and O–H groups in total. The van der Waals surface area contributed by atoms with Crippen LogP contribution in [0.4, 0.5) is 0 Å². The molecule has 0 radical (unpaired) electrons. The molecule has 2 rings (SSSR count). The van der Waals surface area contributed by atoms with Crippen LogP contribution in [0.25, 0.3) is 0 Å². The maximum Gasteiger partial charge on any atom is 0.0950 e. The van der Waals surface area contributed by atoms with E-state index in [2.05, 4.69) is 39.5 Å². The van der Waals surface area contributed by atoms with Gasteiger partial charge in [-0.1, -0.05) is 0 Å². The molecular weight excluding hydrogens is 220 g/mol. The first-order chi connectivity index (χ1) is 7.79. The Morgan fingerprint density at radius 3 is 3.25 bits per heavy atom. The molecule has 1 aromatic rings. The molecule has 0 amide bonds. The van der Waals surface area contributed by atoms with E-state index < -0.39 is 0 Å². The minimum absolute atomic E-state index is 0.672. The second kappa shape index (κ2) is 5.70. The molecule has 2 heterocycles. The molecule has 0 aliphatic carbocycles. The SMILES string of the molecule is CN(Cc1cn(CCN)cn1)C1CCSC1. The lowest BCUT2D eigenvalue weighted by molar-refractivity contribution is 0.252. The molecule has 90 valence electrons. The number of hydrogen-bond acceptors (Lipinski definition) is 4. The number of hydrogen-bond donors (Lipinski definition) is 1. The van der Waals surface area contributed by atoms with Gasteiger partial charge in [-0.15, -0.1) is 0 Å². The fourth-order valence-corrected chi connectivity index (χ4v) is 3.31. The summed E-state index contributed by atoms with van der Waals surface area (Å²) in [6.07, 6.45) is 5.29. The van der Waals surface area contributed by atoms with Gasteiger partial charge in [0, 0.05) is 37.6 Å². The van der Waals surface area contributed by atoms with Crippen molar-refractivity contribution in [2.45, 2.75) is 25.6 Å². The predicted molar refractivity (Wildman–Crippen MR) is 68.5 cm³/mol. The van der Waals surface area contributed by atoms with Crippen LogP contribution in [0, 0.1) is 0 Å². The van der Waals surface area contributed by atoms with Gasteiger partial charge < -0.3 is 10.3 Å². The lowest BCUT2D eigenvalue weighted by atomic mass is 10.2. The van der Waals surface area contributed by atoms with Crippen LogP contribution in [0.2, 0.25) is 0 Å². The molecule has 0 saturated carbocycles. The minimum Gasteiger partial charge on any atom is -0.336 e. The molecule has 1 aliphatic rings. The Kier molecular flexibility index (Phi) is 4.26. The highest BCUT2D eigenvalue weighted by Crippen LogP contribution is 2.22. The van der Waals surface area contributed by atoms with Crippen molar-refractivity contribution < 1.29 is 0 Å². The number of nitrogens with two attached hydrogens (primary N) is 1. The summed E-state index contributed by atoms with van der Waals surface area (Å²) in [6.45, 7) is 2.48. The first-order valence-electron chi connectivity index (χ1n) is 5.78. The summed E-state index contributed by atoms with van der Waals surface area (Å²) >= 11 is 2.05. The molecule has 0 spiro atoms. The average Bonchev–Trinajstić information content (AvgIpc) is 2.89. The number of aromatic nitrogens is 2. The molecule has 1 aliphatic heterocycles. The summed E-state index contributed by atoms with van der Waals surface area (Å²) in [5.74, 6) is 2.57. The van der Waals surface area contributed by atoms with Crippen LogP contribution in [0.5, 0.6) is 0 Å². The van der Waals surface area contributed by atoms with E-state index in [0.717, 1.165) is 24.8 Å². The van der Waals surface area contributed by atoms with E-state index in [1.54, 1.807) is 0 Å². The third kappa shape index (κ3) is 2.99. The van der Waals surface area contributed by atoms with E-state index >= 15 is 0 Å². The van der Waals surface area contributed by atoms with Gasteiger partial charge in [0.25, 0.3) is 0 Å². The highest BCUT2D eigenvalue weighted by atomic mass is 32.2. The second-order valence-electron chi connectivity index (χ2n) is 4.32. The van der Waals surface area contributed by atoms with Gasteiger partial charge in [0.1, 0.15) is 0 Å². The summed E-state index contributed by atoms with van der Waals surface area (Å²) in [5, 5.41) is 0. The Morgan fingerprint density at radius 2 is 2.56 bits per heavy atom. The topological polar surface area (TPSA) is 47.1 Å². The number of imidazole rings is 1. The third-order valence-corrected chi connectivity index (χ3v) is 4.16. The van der Waals surface area contributed by atoms with Gasteiger partial charge in [0.05, 0.1) is 12.0 Å². The van der Waals surface area contributed by atoms with E-state index in [9.17, 15) is 0 Å². The van der Waals surface area contributed by atoms with Crippen molar-refractivity contribution in [2.24, 2.45) is 5.73 Å². The van der Waals surface area contributed by atoms with Gasteiger partial charge in [-0.2, -0.15) is 11.8 Å². The van der Waals surface area contributed by atoms with E-state index in [-0.39, 0.29) is 0 Å². The van der Waals surface area contributed by atoms with Crippen molar-refractivity contribution in [1.29, 1.82) is 0 Å². The zero-order chi connectivity index (χ0) is 11.4. The second-order valence-corrected chi connectivity index (χ2v) is 5.47. The lowest BCUT2D eigenvalue weighted by Crippen LogP contribution is -2.30. The molecule has 0 aromatic carbocycles. The van der Waals surface area contributed by atoms with Crippen LogP contribution in [0.15, 0.2) is 12.5 Å². The van der Waals surface area contributed by atoms with Crippen LogP contribution in [-0.4, -0.2) is 45.6 Å². The van der Waals surface area contributed by atoms with Crippen molar-refractivity contribution >= 4 is 11.8 Å². The van der Waals surface area contributed by atoms with Crippen molar-refractivity contribution in [3.8, 4) is 0 Å². The van der Waals surface area contributed by atoms with Gasteiger partial charge >= 0.3 is 0 Å². The summed E-state index contributed by atoms with van der Waals surface area (Å²) < 4.78 is 2.06. The summed E-state index contributed by atoms with van der Waals surface area (Å²) in [6, 6.07) is 0.727. The van der Waals surface area contributed by atoms with Crippen LogP contribution in [0.1, 0.15) is 12.1 Å². The summed E-state index contributed by atoms with van der Waals surface area (Å²) in [5.41, 5.74) is 6.65. The monoisotopic (exact) mass is 240 g/mol. The normalized spacial score (nSPS) is 20.8.